The van der Waals surface area contributed by atoms with Gasteiger partial charge in [-0.05, 0) is 48.3 Å². The zero-order chi connectivity index (χ0) is 13.9. The van der Waals surface area contributed by atoms with E-state index in [0.29, 0.717) is 11.5 Å². The highest BCUT2D eigenvalue weighted by molar-refractivity contribution is 5.30. The monoisotopic (exact) mass is 261 g/mol. The Hall–Kier alpha value is -1.02. The predicted molar refractivity (Wildman–Crippen MR) is 80.5 cm³/mol. The molecular weight excluding hydrogens is 234 g/mol. The maximum Gasteiger partial charge on any atom is 0.118 e. The molecule has 0 saturated heterocycles. The van der Waals surface area contributed by atoms with Crippen molar-refractivity contribution in [3.63, 3.8) is 0 Å². The molecule has 2 nitrogen and oxygen atoms in total. The summed E-state index contributed by atoms with van der Waals surface area (Å²) in [6, 6.07) is 9.05. The molecule has 1 aliphatic carbocycles. The SMILES string of the molecule is CCC(C)(C)CNC(c1ccc(OC)cc1)C1CC1. The molecule has 1 atom stereocenters. The average molecular weight is 261 g/mol. The van der Waals surface area contributed by atoms with Crippen LogP contribution in [-0.4, -0.2) is 13.7 Å². The predicted octanol–water partition coefficient (Wildman–Crippen LogP) is 4.17. The molecule has 1 N–H and O–H groups in total. The van der Waals surface area contributed by atoms with Gasteiger partial charge in [-0.1, -0.05) is 32.9 Å². The van der Waals surface area contributed by atoms with Crippen LogP contribution in [0.5, 0.6) is 5.75 Å². The molecule has 1 aromatic carbocycles. The highest BCUT2D eigenvalue weighted by Gasteiger charge is 2.33. The summed E-state index contributed by atoms with van der Waals surface area (Å²) in [7, 11) is 1.72. The van der Waals surface area contributed by atoms with Crippen LogP contribution in [0.2, 0.25) is 0 Å². The second-order valence-electron chi connectivity index (χ2n) is 6.49. The molecule has 1 saturated carbocycles. The van der Waals surface area contributed by atoms with Crippen LogP contribution in [0.1, 0.15) is 51.6 Å². The van der Waals surface area contributed by atoms with E-state index in [4.69, 9.17) is 4.74 Å². The van der Waals surface area contributed by atoms with Gasteiger partial charge < -0.3 is 10.1 Å². The summed E-state index contributed by atoms with van der Waals surface area (Å²) in [5, 5.41) is 3.79. The van der Waals surface area contributed by atoms with Crippen LogP contribution in [0.15, 0.2) is 24.3 Å². The lowest BCUT2D eigenvalue weighted by atomic mass is 9.89. The summed E-state index contributed by atoms with van der Waals surface area (Å²) in [4.78, 5) is 0. The first-order valence-electron chi connectivity index (χ1n) is 7.43. The van der Waals surface area contributed by atoms with E-state index < -0.39 is 0 Å². The van der Waals surface area contributed by atoms with Crippen LogP contribution in [0, 0.1) is 11.3 Å². The number of nitrogens with one attached hydrogen (secondary N) is 1. The Kier molecular flexibility index (Phi) is 4.51. The van der Waals surface area contributed by atoms with Gasteiger partial charge in [0, 0.05) is 12.6 Å². The van der Waals surface area contributed by atoms with E-state index >= 15 is 0 Å². The van der Waals surface area contributed by atoms with Gasteiger partial charge in [-0.15, -0.1) is 0 Å². The largest absolute Gasteiger partial charge is 0.497 e. The van der Waals surface area contributed by atoms with Gasteiger partial charge >= 0.3 is 0 Å². The Morgan fingerprint density at radius 1 is 1.26 bits per heavy atom. The van der Waals surface area contributed by atoms with Crippen molar-refractivity contribution in [1.29, 1.82) is 0 Å². The van der Waals surface area contributed by atoms with Gasteiger partial charge in [0.15, 0.2) is 0 Å². The lowest BCUT2D eigenvalue weighted by Crippen LogP contribution is -2.33. The molecule has 0 heterocycles. The van der Waals surface area contributed by atoms with Crippen LogP contribution < -0.4 is 10.1 Å². The molecule has 0 aromatic heterocycles. The summed E-state index contributed by atoms with van der Waals surface area (Å²) < 4.78 is 5.24. The first kappa shape index (κ1) is 14.4. The summed E-state index contributed by atoms with van der Waals surface area (Å²) in [5.41, 5.74) is 1.77. The second-order valence-corrected chi connectivity index (χ2v) is 6.49. The Labute approximate surface area is 117 Å². The van der Waals surface area contributed by atoms with Gasteiger partial charge in [0.1, 0.15) is 5.75 Å². The molecule has 19 heavy (non-hydrogen) atoms. The quantitative estimate of drug-likeness (QED) is 0.795. The Bertz CT molecular complexity index is 392. The maximum absolute atomic E-state index is 5.24. The third-order valence-corrected chi connectivity index (χ3v) is 4.33. The summed E-state index contributed by atoms with van der Waals surface area (Å²) in [5.74, 6) is 1.76. The summed E-state index contributed by atoms with van der Waals surface area (Å²) in [6.07, 6.45) is 3.92. The van der Waals surface area contributed by atoms with Gasteiger partial charge in [0.2, 0.25) is 0 Å². The minimum Gasteiger partial charge on any atom is -0.497 e. The average Bonchev–Trinajstić information content (AvgIpc) is 3.24. The van der Waals surface area contributed by atoms with Crippen molar-refractivity contribution in [2.45, 2.75) is 46.1 Å². The van der Waals surface area contributed by atoms with Crippen molar-refractivity contribution in [1.82, 2.24) is 5.32 Å². The number of benzene rings is 1. The molecule has 0 aliphatic heterocycles. The molecule has 1 aliphatic rings. The van der Waals surface area contributed by atoms with E-state index in [0.717, 1.165) is 18.2 Å². The van der Waals surface area contributed by atoms with Crippen LogP contribution in [-0.2, 0) is 0 Å². The molecule has 2 heteroatoms. The van der Waals surface area contributed by atoms with Crippen LogP contribution in [0.3, 0.4) is 0 Å². The van der Waals surface area contributed by atoms with Gasteiger partial charge in [-0.25, -0.2) is 0 Å². The smallest absolute Gasteiger partial charge is 0.118 e. The first-order chi connectivity index (χ1) is 9.05. The van der Waals surface area contributed by atoms with Crippen molar-refractivity contribution in [3.8, 4) is 5.75 Å². The van der Waals surface area contributed by atoms with E-state index in [1.165, 1.54) is 24.8 Å². The van der Waals surface area contributed by atoms with Gasteiger partial charge in [-0.3, -0.25) is 0 Å². The number of hydrogen-bond donors (Lipinski definition) is 1. The number of ether oxygens (including phenoxy) is 1. The fourth-order valence-electron chi connectivity index (χ4n) is 2.31. The Balaban J connectivity index is 2.03. The molecule has 1 unspecified atom stereocenters. The van der Waals surface area contributed by atoms with Crippen LogP contribution in [0.25, 0.3) is 0 Å². The molecule has 0 spiro atoms. The molecule has 0 radical (unpaired) electrons. The number of hydrogen-bond acceptors (Lipinski definition) is 2. The highest BCUT2D eigenvalue weighted by Crippen LogP contribution is 2.41. The normalized spacial score (nSPS) is 17.3. The van der Waals surface area contributed by atoms with Crippen LogP contribution >= 0.6 is 0 Å². The molecule has 2 rings (SSSR count). The number of methoxy groups -OCH3 is 1. The van der Waals surface area contributed by atoms with Gasteiger partial charge in [-0.2, -0.15) is 0 Å². The van der Waals surface area contributed by atoms with Crippen LogP contribution in [0.4, 0.5) is 0 Å². The minimum absolute atomic E-state index is 0.375. The standard InChI is InChI=1S/C17H27NO/c1-5-17(2,3)12-18-16(13-6-7-13)14-8-10-15(19-4)11-9-14/h8-11,13,16,18H,5-7,12H2,1-4H3. The highest BCUT2D eigenvalue weighted by atomic mass is 16.5. The van der Waals surface area contributed by atoms with E-state index in [9.17, 15) is 0 Å². The Morgan fingerprint density at radius 3 is 2.37 bits per heavy atom. The third kappa shape index (κ3) is 3.97. The lowest BCUT2D eigenvalue weighted by molar-refractivity contribution is 0.300. The zero-order valence-corrected chi connectivity index (χ0v) is 12.7. The van der Waals surface area contributed by atoms with Crippen molar-refractivity contribution >= 4 is 0 Å². The molecule has 1 fully saturated rings. The lowest BCUT2D eigenvalue weighted by Gasteiger charge is -2.27. The van der Waals surface area contributed by atoms with Crippen molar-refractivity contribution < 1.29 is 4.74 Å². The maximum atomic E-state index is 5.24. The van der Waals surface area contributed by atoms with Gasteiger partial charge in [0.25, 0.3) is 0 Å². The zero-order valence-electron chi connectivity index (χ0n) is 12.7. The molecule has 0 bridgehead atoms. The molecule has 0 amide bonds. The fraction of sp³-hybridized carbons (Fsp3) is 0.647. The van der Waals surface area contributed by atoms with E-state index in [-0.39, 0.29) is 0 Å². The third-order valence-electron chi connectivity index (χ3n) is 4.33. The second kappa shape index (κ2) is 5.96. The first-order valence-corrected chi connectivity index (χ1v) is 7.43. The molecule has 1 aromatic rings. The molecule has 106 valence electrons. The van der Waals surface area contributed by atoms with E-state index in [2.05, 4.69) is 50.4 Å². The fourth-order valence-corrected chi connectivity index (χ4v) is 2.31. The topological polar surface area (TPSA) is 21.3 Å². The summed E-state index contributed by atoms with van der Waals surface area (Å²) in [6.45, 7) is 8.01. The number of rotatable bonds is 7. The Morgan fingerprint density at radius 2 is 1.89 bits per heavy atom. The van der Waals surface area contributed by atoms with Crippen molar-refractivity contribution in [2.24, 2.45) is 11.3 Å². The molecular formula is C17H27NO. The summed E-state index contributed by atoms with van der Waals surface area (Å²) >= 11 is 0. The van der Waals surface area contributed by atoms with Gasteiger partial charge in [0.05, 0.1) is 7.11 Å². The van der Waals surface area contributed by atoms with E-state index in [1.807, 2.05) is 0 Å². The van der Waals surface area contributed by atoms with Crippen molar-refractivity contribution in [2.75, 3.05) is 13.7 Å². The van der Waals surface area contributed by atoms with Crippen molar-refractivity contribution in [3.05, 3.63) is 29.8 Å². The van der Waals surface area contributed by atoms with E-state index in [1.54, 1.807) is 7.11 Å². The minimum atomic E-state index is 0.375.